The molecule has 1 aliphatic carbocycles. The Kier molecular flexibility index (Phi) is 4.56. The predicted octanol–water partition coefficient (Wildman–Crippen LogP) is 2.76. The number of hydrogen-bond donors (Lipinski definition) is 0. The summed E-state index contributed by atoms with van der Waals surface area (Å²) in [7, 11) is 3.03. The maximum Gasteiger partial charge on any atom is 0.277 e. The molecule has 0 aliphatic heterocycles. The third-order valence-electron chi connectivity index (χ3n) is 3.35. The molecule has 0 N–H and O–H groups in total. The summed E-state index contributed by atoms with van der Waals surface area (Å²) in [6.07, 6.45) is 3.10. The number of rotatable bonds is 3. The normalized spacial score (nSPS) is 16.2. The fourth-order valence-corrected chi connectivity index (χ4v) is 2.04. The third kappa shape index (κ3) is 3.14. The molecule has 0 unspecified atom stereocenters. The Morgan fingerprint density at radius 3 is 2.32 bits per heavy atom. The molecule has 0 heterocycles. The molecule has 0 aromatic heterocycles. The number of aliphatic imine (C=N–C) groups is 1. The summed E-state index contributed by atoms with van der Waals surface area (Å²) >= 11 is 0. The summed E-state index contributed by atoms with van der Waals surface area (Å²) in [5.41, 5.74) is 2.12. The Morgan fingerprint density at radius 2 is 1.68 bits per heavy atom. The lowest BCUT2D eigenvalue weighted by molar-refractivity contribution is -0.111. The number of carbonyl (C=O) groups excluding carboxylic acids is 2. The highest BCUT2D eigenvalue weighted by Gasteiger charge is 2.15. The van der Waals surface area contributed by atoms with Crippen molar-refractivity contribution in [3.8, 4) is 11.5 Å². The third-order valence-corrected chi connectivity index (χ3v) is 3.35. The number of nitrogens with zero attached hydrogens (tertiary/aromatic N) is 1. The maximum atomic E-state index is 12.3. The molecule has 0 bridgehead atoms. The topological polar surface area (TPSA) is 65.0 Å². The second-order valence-corrected chi connectivity index (χ2v) is 4.89. The molecule has 0 atom stereocenters. The zero-order valence-corrected chi connectivity index (χ0v) is 13.0. The van der Waals surface area contributed by atoms with Gasteiger partial charge in [-0.2, -0.15) is 0 Å². The first-order valence-corrected chi connectivity index (χ1v) is 6.72. The lowest BCUT2D eigenvalue weighted by Gasteiger charge is -2.10. The quantitative estimate of drug-likeness (QED) is 0.805. The number of methoxy groups -OCH3 is 2. The van der Waals surface area contributed by atoms with Gasteiger partial charge in [0.2, 0.25) is 0 Å². The van der Waals surface area contributed by atoms with E-state index in [0.717, 1.165) is 0 Å². The van der Waals surface area contributed by atoms with E-state index in [1.165, 1.54) is 20.3 Å². The van der Waals surface area contributed by atoms with Gasteiger partial charge in [-0.15, -0.1) is 0 Å². The molecule has 0 spiro atoms. The molecule has 22 heavy (non-hydrogen) atoms. The first-order valence-electron chi connectivity index (χ1n) is 6.72. The maximum absolute atomic E-state index is 12.3. The molecule has 0 radical (unpaired) electrons. The van der Waals surface area contributed by atoms with Crippen LogP contribution in [0.2, 0.25) is 0 Å². The Labute approximate surface area is 129 Å². The van der Waals surface area contributed by atoms with Gasteiger partial charge in [0.15, 0.2) is 17.3 Å². The summed E-state index contributed by atoms with van der Waals surface area (Å²) in [5, 5.41) is 0. The van der Waals surface area contributed by atoms with Crippen molar-refractivity contribution in [1.29, 1.82) is 0 Å². The van der Waals surface area contributed by atoms with Crippen LogP contribution in [0.25, 0.3) is 0 Å². The molecule has 114 valence electrons. The molecule has 5 nitrogen and oxygen atoms in total. The predicted molar refractivity (Wildman–Crippen MR) is 83.8 cm³/mol. The van der Waals surface area contributed by atoms with Crippen molar-refractivity contribution in [3.63, 3.8) is 0 Å². The minimum Gasteiger partial charge on any atom is -0.493 e. The lowest BCUT2D eigenvalue weighted by atomic mass is 9.98. The van der Waals surface area contributed by atoms with Crippen LogP contribution >= 0.6 is 0 Å². The van der Waals surface area contributed by atoms with Crippen LogP contribution in [0.3, 0.4) is 0 Å². The smallest absolute Gasteiger partial charge is 0.277 e. The molecule has 1 amide bonds. The second-order valence-electron chi connectivity index (χ2n) is 4.89. The van der Waals surface area contributed by atoms with Gasteiger partial charge in [0.25, 0.3) is 5.91 Å². The second kappa shape index (κ2) is 6.39. The average Bonchev–Trinajstić information content (AvgIpc) is 2.51. The molecule has 0 saturated heterocycles. The highest BCUT2D eigenvalue weighted by Crippen LogP contribution is 2.28. The zero-order valence-electron chi connectivity index (χ0n) is 13.0. The summed E-state index contributed by atoms with van der Waals surface area (Å²) in [4.78, 5) is 27.9. The highest BCUT2D eigenvalue weighted by atomic mass is 16.5. The fourth-order valence-electron chi connectivity index (χ4n) is 2.04. The molecule has 5 heteroatoms. The summed E-state index contributed by atoms with van der Waals surface area (Å²) in [6, 6.07) is 4.85. The van der Waals surface area contributed by atoms with Gasteiger partial charge in [-0.3, -0.25) is 9.59 Å². The minimum absolute atomic E-state index is 0.0602. The Morgan fingerprint density at radius 1 is 1.00 bits per heavy atom. The zero-order chi connectivity index (χ0) is 16.3. The van der Waals surface area contributed by atoms with Crippen molar-refractivity contribution in [2.45, 2.75) is 13.8 Å². The summed E-state index contributed by atoms with van der Waals surface area (Å²) < 4.78 is 10.3. The molecule has 1 aromatic rings. The Balaban J connectivity index is 2.35. The van der Waals surface area contributed by atoms with E-state index in [4.69, 9.17) is 9.47 Å². The number of hydrogen-bond acceptors (Lipinski definition) is 4. The van der Waals surface area contributed by atoms with Gasteiger partial charge in [-0.05, 0) is 55.3 Å². The summed E-state index contributed by atoms with van der Waals surface area (Å²) in [5.74, 6) is 0.547. The van der Waals surface area contributed by atoms with Crippen molar-refractivity contribution in [1.82, 2.24) is 0 Å². The van der Waals surface area contributed by atoms with E-state index >= 15 is 0 Å². The monoisotopic (exact) mass is 299 g/mol. The van der Waals surface area contributed by atoms with Crippen LogP contribution in [0.15, 0.2) is 46.5 Å². The number of ether oxygens (including phenoxy) is 2. The van der Waals surface area contributed by atoms with Crippen molar-refractivity contribution in [2.75, 3.05) is 14.2 Å². The van der Waals surface area contributed by atoms with Crippen LogP contribution in [0.1, 0.15) is 24.2 Å². The van der Waals surface area contributed by atoms with Gasteiger partial charge in [0, 0.05) is 5.56 Å². The van der Waals surface area contributed by atoms with Crippen molar-refractivity contribution >= 4 is 17.4 Å². The first kappa shape index (κ1) is 15.7. The molecule has 1 aliphatic rings. The number of carbonyl (C=O) groups is 2. The number of amides is 1. The number of benzene rings is 1. The van der Waals surface area contributed by atoms with Crippen LogP contribution in [0, 0.1) is 0 Å². The molecular weight excluding hydrogens is 282 g/mol. The Hall–Kier alpha value is -2.69. The minimum atomic E-state index is -0.401. The van der Waals surface area contributed by atoms with Crippen LogP contribution in [-0.4, -0.2) is 31.6 Å². The van der Waals surface area contributed by atoms with E-state index in [2.05, 4.69) is 4.99 Å². The molecule has 2 rings (SSSR count). The molecule has 0 saturated carbocycles. The largest absolute Gasteiger partial charge is 0.493 e. The molecular formula is C17H17NO4. The first-order chi connectivity index (χ1) is 10.5. The van der Waals surface area contributed by atoms with Crippen LogP contribution < -0.4 is 9.47 Å². The van der Waals surface area contributed by atoms with Crippen molar-refractivity contribution in [2.24, 2.45) is 4.99 Å². The van der Waals surface area contributed by atoms with E-state index < -0.39 is 5.91 Å². The van der Waals surface area contributed by atoms with Gasteiger partial charge in [0.1, 0.15) is 0 Å². The lowest BCUT2D eigenvalue weighted by Crippen LogP contribution is -2.12. The van der Waals surface area contributed by atoms with Gasteiger partial charge in [0.05, 0.1) is 19.9 Å². The standard InChI is InChI=1S/C17H17NO4/c1-10-8-14(19)11(2)7-13(10)18-17(20)12-5-6-15(21-3)16(9-12)22-4/h5-9H,1-4H3. The molecule has 1 aromatic carbocycles. The average molecular weight is 299 g/mol. The Bertz CT molecular complexity index is 726. The fraction of sp³-hybridized carbons (Fsp3) is 0.235. The number of allylic oxidation sites excluding steroid dienone is 4. The van der Waals surface area contributed by atoms with E-state index in [1.807, 2.05) is 0 Å². The van der Waals surface area contributed by atoms with Crippen molar-refractivity contribution < 1.29 is 19.1 Å². The van der Waals surface area contributed by atoms with E-state index in [9.17, 15) is 9.59 Å². The van der Waals surface area contributed by atoms with Crippen LogP contribution in [-0.2, 0) is 4.79 Å². The summed E-state index contributed by atoms with van der Waals surface area (Å²) in [6.45, 7) is 3.45. The van der Waals surface area contributed by atoms with E-state index in [-0.39, 0.29) is 5.78 Å². The van der Waals surface area contributed by atoms with Crippen LogP contribution in [0.5, 0.6) is 11.5 Å². The number of ketones is 1. The van der Waals surface area contributed by atoms with Crippen molar-refractivity contribution in [3.05, 3.63) is 47.1 Å². The molecule has 0 fully saturated rings. The van der Waals surface area contributed by atoms with Gasteiger partial charge in [-0.25, -0.2) is 4.99 Å². The van der Waals surface area contributed by atoms with Gasteiger partial charge in [-0.1, -0.05) is 0 Å². The van der Waals surface area contributed by atoms with Crippen LogP contribution in [0.4, 0.5) is 0 Å². The van der Waals surface area contributed by atoms with E-state index in [1.54, 1.807) is 38.1 Å². The van der Waals surface area contributed by atoms with E-state index in [0.29, 0.717) is 33.9 Å². The van der Waals surface area contributed by atoms with Gasteiger partial charge >= 0.3 is 0 Å². The highest BCUT2D eigenvalue weighted by molar-refractivity contribution is 6.24. The SMILES string of the molecule is COc1ccc(C(=O)N=C2C=C(C)C(=O)C=C2C)cc1OC. The van der Waals surface area contributed by atoms with Gasteiger partial charge < -0.3 is 9.47 Å².